The molecule has 0 spiro atoms. The number of benzene rings is 1. The van der Waals surface area contributed by atoms with Gasteiger partial charge in [-0.05, 0) is 62.2 Å². The molecule has 3 nitrogen and oxygen atoms in total. The Hall–Kier alpha value is -0.720. The van der Waals surface area contributed by atoms with Crippen molar-refractivity contribution in [3.05, 3.63) is 27.2 Å². The second-order valence-corrected chi connectivity index (χ2v) is 6.75. The lowest BCUT2D eigenvalue weighted by atomic mass is 10.0. The van der Waals surface area contributed by atoms with Crippen LogP contribution >= 0.6 is 28.1 Å². The summed E-state index contributed by atoms with van der Waals surface area (Å²) < 4.78 is 16.7. The van der Waals surface area contributed by atoms with Gasteiger partial charge >= 0.3 is 0 Å². The first-order valence-corrected chi connectivity index (χ1v) is 7.17. The molecule has 19 heavy (non-hydrogen) atoms. The summed E-state index contributed by atoms with van der Waals surface area (Å²) in [4.78, 5) is 5.25. The van der Waals surface area contributed by atoms with Gasteiger partial charge in [0.15, 0.2) is 4.77 Å². The summed E-state index contributed by atoms with van der Waals surface area (Å²) >= 11 is 8.53. The minimum atomic E-state index is -0.280. The van der Waals surface area contributed by atoms with E-state index in [0.29, 0.717) is 15.8 Å². The zero-order valence-electron chi connectivity index (χ0n) is 11.4. The van der Waals surface area contributed by atoms with Crippen molar-refractivity contribution in [2.24, 2.45) is 0 Å². The first kappa shape index (κ1) is 14.7. The van der Waals surface area contributed by atoms with E-state index >= 15 is 0 Å². The van der Waals surface area contributed by atoms with Crippen LogP contribution in [0.5, 0.6) is 0 Å². The molecule has 2 rings (SSSR count). The van der Waals surface area contributed by atoms with Gasteiger partial charge in [-0.3, -0.25) is 0 Å². The van der Waals surface area contributed by atoms with Crippen LogP contribution in [0.2, 0.25) is 0 Å². The van der Waals surface area contributed by atoms with Gasteiger partial charge in [0.2, 0.25) is 0 Å². The smallest absolute Gasteiger partial charge is 0.178 e. The standard InChI is InChI=1S/C13H17BrFN3S/c1-13(2,17(3)4)7-18-11-6-9(15)8(14)5-10(11)16-12(18)19/h5-6H,7H2,1-4H3,(H,16,19). The fraction of sp³-hybridized carbons (Fsp3) is 0.462. The number of nitrogens with one attached hydrogen (secondary N) is 1. The van der Waals surface area contributed by atoms with E-state index in [0.717, 1.165) is 11.0 Å². The molecule has 1 aromatic heterocycles. The highest BCUT2D eigenvalue weighted by Crippen LogP contribution is 2.25. The second-order valence-electron chi connectivity index (χ2n) is 5.51. The van der Waals surface area contributed by atoms with Crippen molar-refractivity contribution >= 4 is 39.2 Å². The Kier molecular flexibility index (Phi) is 3.86. The van der Waals surface area contributed by atoms with E-state index in [1.54, 1.807) is 6.07 Å². The van der Waals surface area contributed by atoms with Gasteiger partial charge in [-0.1, -0.05) is 0 Å². The summed E-state index contributed by atoms with van der Waals surface area (Å²) in [5, 5.41) is 0. The SMILES string of the molecule is CN(C)C(C)(C)Cn1c(=S)[nH]c2cc(Br)c(F)cc21. The summed E-state index contributed by atoms with van der Waals surface area (Å²) in [6.07, 6.45) is 0. The fourth-order valence-corrected chi connectivity index (χ4v) is 2.45. The minimum Gasteiger partial charge on any atom is -0.331 e. The average Bonchev–Trinajstić information content (AvgIpc) is 2.56. The fourth-order valence-electron chi connectivity index (χ4n) is 1.84. The normalized spacial score (nSPS) is 12.6. The molecular weight excluding hydrogens is 329 g/mol. The summed E-state index contributed by atoms with van der Waals surface area (Å²) in [6, 6.07) is 3.23. The highest BCUT2D eigenvalue weighted by atomic mass is 79.9. The maximum atomic E-state index is 13.7. The van der Waals surface area contributed by atoms with Crippen LogP contribution in [0.3, 0.4) is 0 Å². The number of rotatable bonds is 3. The third-order valence-electron chi connectivity index (χ3n) is 3.57. The lowest BCUT2D eigenvalue weighted by Gasteiger charge is -2.33. The summed E-state index contributed by atoms with van der Waals surface area (Å²) in [5.74, 6) is -0.280. The largest absolute Gasteiger partial charge is 0.331 e. The predicted molar refractivity (Wildman–Crippen MR) is 82.5 cm³/mol. The molecule has 0 unspecified atom stereocenters. The van der Waals surface area contributed by atoms with Crippen LogP contribution in [-0.4, -0.2) is 34.1 Å². The molecule has 0 amide bonds. The van der Waals surface area contributed by atoms with Gasteiger partial charge in [-0.15, -0.1) is 0 Å². The van der Waals surface area contributed by atoms with Gasteiger partial charge in [0.1, 0.15) is 5.82 Å². The van der Waals surface area contributed by atoms with Crippen molar-refractivity contribution < 1.29 is 4.39 Å². The van der Waals surface area contributed by atoms with Crippen LogP contribution in [0.15, 0.2) is 16.6 Å². The zero-order chi connectivity index (χ0) is 14.4. The quantitative estimate of drug-likeness (QED) is 0.851. The van der Waals surface area contributed by atoms with E-state index in [2.05, 4.69) is 39.7 Å². The van der Waals surface area contributed by atoms with Crippen LogP contribution in [0, 0.1) is 10.6 Å². The molecule has 104 valence electrons. The molecule has 0 radical (unpaired) electrons. The van der Waals surface area contributed by atoms with E-state index in [9.17, 15) is 4.39 Å². The van der Waals surface area contributed by atoms with Crippen LogP contribution in [0.25, 0.3) is 11.0 Å². The van der Waals surface area contributed by atoms with E-state index in [-0.39, 0.29) is 11.4 Å². The molecule has 1 aromatic carbocycles. The Balaban J connectivity index is 2.58. The van der Waals surface area contributed by atoms with Crippen molar-refractivity contribution in [1.29, 1.82) is 0 Å². The maximum absolute atomic E-state index is 13.7. The van der Waals surface area contributed by atoms with Gasteiger partial charge in [0.05, 0.1) is 15.5 Å². The van der Waals surface area contributed by atoms with E-state index < -0.39 is 0 Å². The Bertz CT molecular complexity index is 672. The molecular formula is C13H17BrFN3S. The van der Waals surface area contributed by atoms with Crippen LogP contribution in [-0.2, 0) is 6.54 Å². The molecule has 0 saturated heterocycles. The highest BCUT2D eigenvalue weighted by Gasteiger charge is 2.22. The number of aromatic amines is 1. The third-order valence-corrected chi connectivity index (χ3v) is 4.50. The number of hydrogen-bond donors (Lipinski definition) is 1. The molecule has 1 heterocycles. The topological polar surface area (TPSA) is 24.0 Å². The number of aromatic nitrogens is 2. The number of imidazole rings is 1. The lowest BCUT2D eigenvalue weighted by molar-refractivity contribution is 0.170. The van der Waals surface area contributed by atoms with Gasteiger partial charge in [-0.25, -0.2) is 4.39 Å². The van der Waals surface area contributed by atoms with Gasteiger partial charge in [0.25, 0.3) is 0 Å². The van der Waals surface area contributed by atoms with Gasteiger partial charge < -0.3 is 14.5 Å². The Morgan fingerprint density at radius 1 is 1.42 bits per heavy atom. The number of nitrogens with zero attached hydrogens (tertiary/aromatic N) is 2. The maximum Gasteiger partial charge on any atom is 0.178 e. The summed E-state index contributed by atoms with van der Waals surface area (Å²) in [6.45, 7) is 4.95. The van der Waals surface area contributed by atoms with E-state index in [1.807, 2.05) is 18.7 Å². The van der Waals surface area contributed by atoms with Crippen molar-refractivity contribution in [2.45, 2.75) is 25.9 Å². The van der Waals surface area contributed by atoms with E-state index in [1.165, 1.54) is 6.07 Å². The number of hydrogen-bond acceptors (Lipinski definition) is 2. The van der Waals surface area contributed by atoms with Crippen LogP contribution in [0.4, 0.5) is 4.39 Å². The number of H-pyrrole nitrogens is 1. The molecule has 2 aromatic rings. The Labute approximate surface area is 125 Å². The number of likely N-dealkylation sites (N-methyl/N-ethyl adjacent to an activating group) is 1. The monoisotopic (exact) mass is 345 g/mol. The molecule has 0 fully saturated rings. The van der Waals surface area contributed by atoms with Gasteiger partial charge in [0, 0.05) is 18.2 Å². The number of halogens is 2. The van der Waals surface area contributed by atoms with Crippen LogP contribution < -0.4 is 0 Å². The average molecular weight is 346 g/mol. The zero-order valence-corrected chi connectivity index (χ0v) is 13.8. The number of fused-ring (bicyclic) bond motifs is 1. The van der Waals surface area contributed by atoms with Crippen molar-refractivity contribution in [3.8, 4) is 0 Å². The summed E-state index contributed by atoms with van der Waals surface area (Å²) in [7, 11) is 4.05. The van der Waals surface area contributed by atoms with E-state index in [4.69, 9.17) is 12.2 Å². The molecule has 0 aliphatic rings. The lowest BCUT2D eigenvalue weighted by Crippen LogP contribution is -2.42. The van der Waals surface area contributed by atoms with Crippen molar-refractivity contribution in [1.82, 2.24) is 14.5 Å². The predicted octanol–water partition coefficient (Wildman–Crippen LogP) is 3.94. The molecule has 0 aliphatic carbocycles. The molecule has 0 bridgehead atoms. The Morgan fingerprint density at radius 2 is 2.05 bits per heavy atom. The Morgan fingerprint density at radius 3 is 2.63 bits per heavy atom. The molecule has 0 saturated carbocycles. The molecule has 6 heteroatoms. The minimum absolute atomic E-state index is 0.0725. The molecule has 0 atom stereocenters. The van der Waals surface area contributed by atoms with Crippen molar-refractivity contribution in [2.75, 3.05) is 14.1 Å². The van der Waals surface area contributed by atoms with Gasteiger partial charge in [-0.2, -0.15) is 0 Å². The molecule has 0 aliphatic heterocycles. The summed E-state index contributed by atoms with van der Waals surface area (Å²) in [5.41, 5.74) is 1.56. The third kappa shape index (κ3) is 2.75. The van der Waals surface area contributed by atoms with Crippen molar-refractivity contribution in [3.63, 3.8) is 0 Å². The highest BCUT2D eigenvalue weighted by molar-refractivity contribution is 9.10. The second kappa shape index (κ2) is 5.00. The first-order valence-electron chi connectivity index (χ1n) is 5.97. The first-order chi connectivity index (χ1) is 8.72. The van der Waals surface area contributed by atoms with Crippen LogP contribution in [0.1, 0.15) is 13.8 Å². The molecule has 1 N–H and O–H groups in total.